The summed E-state index contributed by atoms with van der Waals surface area (Å²) < 4.78 is 5.01. The lowest BCUT2D eigenvalue weighted by Crippen LogP contribution is -2.48. The summed E-state index contributed by atoms with van der Waals surface area (Å²) in [6, 6.07) is 1.54. The first-order valence-corrected chi connectivity index (χ1v) is 10.5. The maximum absolute atomic E-state index is 13.2. The number of carbonyl (C=O) groups is 3. The van der Waals surface area contributed by atoms with Crippen LogP contribution >= 0.6 is 0 Å². The summed E-state index contributed by atoms with van der Waals surface area (Å²) in [6.45, 7) is 3.54. The van der Waals surface area contributed by atoms with Crippen LogP contribution in [0.5, 0.6) is 0 Å². The maximum atomic E-state index is 13.2. The zero-order valence-corrected chi connectivity index (χ0v) is 16.5. The van der Waals surface area contributed by atoms with E-state index in [9.17, 15) is 14.4 Å². The molecule has 7 heteroatoms. The van der Waals surface area contributed by atoms with Crippen molar-refractivity contribution < 1.29 is 18.8 Å². The number of furan rings is 1. The van der Waals surface area contributed by atoms with E-state index >= 15 is 0 Å². The highest BCUT2D eigenvalue weighted by Crippen LogP contribution is 2.44. The molecule has 1 spiro atoms. The predicted octanol–water partition coefficient (Wildman–Crippen LogP) is 2.18. The Kier molecular flexibility index (Phi) is 5.17. The van der Waals surface area contributed by atoms with Gasteiger partial charge in [0.15, 0.2) is 0 Å². The van der Waals surface area contributed by atoms with E-state index in [0.29, 0.717) is 44.5 Å². The number of likely N-dealkylation sites (N-methyl/N-ethyl adjacent to an activating group) is 1. The third kappa shape index (κ3) is 3.31. The highest BCUT2D eigenvalue weighted by Gasteiger charge is 2.54. The van der Waals surface area contributed by atoms with E-state index in [0.717, 1.165) is 25.7 Å². The van der Waals surface area contributed by atoms with Crippen LogP contribution in [0.15, 0.2) is 23.0 Å². The summed E-state index contributed by atoms with van der Waals surface area (Å²) in [5, 5.41) is 3.17. The SMILES string of the molecule is CCN1C(=O)C2(CCN(C(=O)c3ccoc3)CC2)CC1C(=O)NC1CCCC1. The van der Waals surface area contributed by atoms with Gasteiger partial charge in [-0.2, -0.15) is 0 Å². The Morgan fingerprint density at radius 1 is 1.25 bits per heavy atom. The van der Waals surface area contributed by atoms with Gasteiger partial charge in [0.2, 0.25) is 11.8 Å². The second kappa shape index (κ2) is 7.60. The molecule has 0 bridgehead atoms. The normalized spacial score (nSPS) is 24.9. The number of nitrogens with one attached hydrogen (secondary N) is 1. The quantitative estimate of drug-likeness (QED) is 0.858. The number of likely N-dealkylation sites (tertiary alicyclic amines) is 2. The van der Waals surface area contributed by atoms with Crippen molar-refractivity contribution in [3.8, 4) is 0 Å². The van der Waals surface area contributed by atoms with Crippen molar-refractivity contribution in [3.05, 3.63) is 24.2 Å². The van der Waals surface area contributed by atoms with E-state index in [1.807, 2.05) is 6.92 Å². The molecule has 1 N–H and O–H groups in total. The number of amides is 3. The van der Waals surface area contributed by atoms with Crippen LogP contribution in [0.3, 0.4) is 0 Å². The smallest absolute Gasteiger partial charge is 0.257 e. The fraction of sp³-hybridized carbons (Fsp3) is 0.667. The molecular formula is C21H29N3O4. The standard InChI is InChI=1S/C21H29N3O4/c1-2-24-17(18(25)22-16-5-3-4-6-16)13-21(20(24)27)8-10-23(11-9-21)19(26)15-7-12-28-14-15/h7,12,14,16-17H,2-6,8-11,13H2,1H3,(H,22,25). The Morgan fingerprint density at radius 2 is 1.96 bits per heavy atom. The summed E-state index contributed by atoms with van der Waals surface area (Å²) in [4.78, 5) is 42.2. The van der Waals surface area contributed by atoms with Crippen LogP contribution in [0.4, 0.5) is 0 Å². The molecule has 1 unspecified atom stereocenters. The molecular weight excluding hydrogens is 358 g/mol. The number of hydrogen-bond donors (Lipinski definition) is 1. The predicted molar refractivity (Wildman–Crippen MR) is 102 cm³/mol. The molecule has 1 aliphatic carbocycles. The Bertz CT molecular complexity index is 731. The van der Waals surface area contributed by atoms with E-state index in [1.165, 1.54) is 12.5 Å². The molecule has 3 heterocycles. The third-order valence-electron chi connectivity index (χ3n) is 6.80. The van der Waals surface area contributed by atoms with Gasteiger partial charge in [0.1, 0.15) is 12.3 Å². The maximum Gasteiger partial charge on any atom is 0.257 e. The minimum absolute atomic E-state index is 0.00382. The molecule has 2 aliphatic heterocycles. The van der Waals surface area contributed by atoms with Crippen LogP contribution in [0, 0.1) is 5.41 Å². The molecule has 0 radical (unpaired) electrons. The van der Waals surface area contributed by atoms with Gasteiger partial charge in [-0.1, -0.05) is 12.8 Å². The third-order valence-corrected chi connectivity index (χ3v) is 6.80. The second-order valence-corrected chi connectivity index (χ2v) is 8.39. The van der Waals surface area contributed by atoms with Gasteiger partial charge in [-0.3, -0.25) is 14.4 Å². The van der Waals surface area contributed by atoms with Crippen molar-refractivity contribution >= 4 is 17.7 Å². The van der Waals surface area contributed by atoms with Crippen LogP contribution in [0.2, 0.25) is 0 Å². The van der Waals surface area contributed by atoms with E-state index < -0.39 is 5.41 Å². The van der Waals surface area contributed by atoms with E-state index in [-0.39, 0.29) is 29.8 Å². The first-order chi connectivity index (χ1) is 13.5. The fourth-order valence-corrected chi connectivity index (χ4v) is 5.10. The summed E-state index contributed by atoms with van der Waals surface area (Å²) in [7, 11) is 0. The minimum Gasteiger partial charge on any atom is -0.472 e. The molecule has 28 heavy (non-hydrogen) atoms. The first-order valence-electron chi connectivity index (χ1n) is 10.5. The van der Waals surface area contributed by atoms with Gasteiger partial charge in [0.25, 0.3) is 5.91 Å². The number of piperidine rings is 1. The lowest BCUT2D eigenvalue weighted by atomic mass is 9.75. The number of hydrogen-bond acceptors (Lipinski definition) is 4. The molecule has 3 fully saturated rings. The number of rotatable bonds is 4. The van der Waals surface area contributed by atoms with Crippen molar-refractivity contribution in [2.45, 2.75) is 64.0 Å². The van der Waals surface area contributed by atoms with Gasteiger partial charge in [0.05, 0.1) is 17.2 Å². The second-order valence-electron chi connectivity index (χ2n) is 8.39. The van der Waals surface area contributed by atoms with Gasteiger partial charge in [-0.05, 0) is 45.1 Å². The van der Waals surface area contributed by atoms with Crippen LogP contribution in [-0.2, 0) is 9.59 Å². The van der Waals surface area contributed by atoms with Gasteiger partial charge in [0, 0.05) is 25.7 Å². The van der Waals surface area contributed by atoms with Gasteiger partial charge in [-0.25, -0.2) is 0 Å². The Hall–Kier alpha value is -2.31. The van der Waals surface area contributed by atoms with Crippen LogP contribution < -0.4 is 5.32 Å². The lowest BCUT2D eigenvalue weighted by molar-refractivity contribution is -0.141. The zero-order valence-electron chi connectivity index (χ0n) is 16.5. The molecule has 1 aromatic heterocycles. The highest BCUT2D eigenvalue weighted by atomic mass is 16.3. The summed E-state index contributed by atoms with van der Waals surface area (Å²) >= 11 is 0. The highest BCUT2D eigenvalue weighted by molar-refractivity contribution is 5.96. The van der Waals surface area contributed by atoms with E-state index in [2.05, 4.69) is 5.32 Å². The average molecular weight is 387 g/mol. The largest absolute Gasteiger partial charge is 0.472 e. The van der Waals surface area contributed by atoms with Crippen LogP contribution in [0.25, 0.3) is 0 Å². The Morgan fingerprint density at radius 3 is 2.57 bits per heavy atom. The monoisotopic (exact) mass is 387 g/mol. The summed E-state index contributed by atoms with van der Waals surface area (Å²) in [5.74, 6) is 0.0183. The van der Waals surface area contributed by atoms with E-state index in [1.54, 1.807) is 15.9 Å². The Balaban J connectivity index is 1.42. The fourth-order valence-electron chi connectivity index (χ4n) is 5.10. The minimum atomic E-state index is -0.513. The van der Waals surface area contributed by atoms with Crippen LogP contribution in [0.1, 0.15) is 62.2 Å². The molecule has 3 amide bonds. The molecule has 3 aliphatic rings. The van der Waals surface area contributed by atoms with Gasteiger partial charge >= 0.3 is 0 Å². The summed E-state index contributed by atoms with van der Waals surface area (Å²) in [5.41, 5.74) is 0.0265. The molecule has 1 saturated carbocycles. The molecule has 7 nitrogen and oxygen atoms in total. The van der Waals surface area contributed by atoms with Crippen molar-refractivity contribution in [2.75, 3.05) is 19.6 Å². The van der Waals surface area contributed by atoms with Crippen molar-refractivity contribution in [2.24, 2.45) is 5.41 Å². The number of nitrogens with zero attached hydrogens (tertiary/aromatic N) is 2. The molecule has 2 saturated heterocycles. The molecule has 1 aromatic rings. The van der Waals surface area contributed by atoms with E-state index in [4.69, 9.17) is 4.42 Å². The topological polar surface area (TPSA) is 82.9 Å². The molecule has 4 rings (SSSR count). The van der Waals surface area contributed by atoms with Crippen molar-refractivity contribution in [3.63, 3.8) is 0 Å². The lowest BCUT2D eigenvalue weighted by Gasteiger charge is -2.37. The Labute approximate surface area is 165 Å². The van der Waals surface area contributed by atoms with Gasteiger partial charge < -0.3 is 19.5 Å². The zero-order chi connectivity index (χ0) is 19.7. The van der Waals surface area contributed by atoms with Crippen molar-refractivity contribution in [1.82, 2.24) is 15.1 Å². The number of carbonyl (C=O) groups excluding carboxylic acids is 3. The summed E-state index contributed by atoms with van der Waals surface area (Å²) in [6.07, 6.45) is 9.13. The molecule has 152 valence electrons. The van der Waals surface area contributed by atoms with Gasteiger partial charge in [-0.15, -0.1) is 0 Å². The first kappa shape index (κ1) is 19.0. The van der Waals surface area contributed by atoms with Crippen molar-refractivity contribution in [1.29, 1.82) is 0 Å². The molecule has 0 aromatic carbocycles. The van der Waals surface area contributed by atoms with Crippen LogP contribution in [-0.4, -0.2) is 59.2 Å². The average Bonchev–Trinajstić information content (AvgIpc) is 3.45. The molecule has 1 atom stereocenters.